The van der Waals surface area contributed by atoms with E-state index in [1.165, 1.54) is 18.4 Å². The van der Waals surface area contributed by atoms with Gasteiger partial charge in [-0.15, -0.1) is 0 Å². The molecule has 2 aliphatic rings. The van der Waals surface area contributed by atoms with E-state index in [0.29, 0.717) is 6.61 Å². The maximum atomic E-state index is 5.70. The summed E-state index contributed by atoms with van der Waals surface area (Å²) >= 11 is 3.45. The number of halogens is 1. The fourth-order valence-electron chi connectivity index (χ4n) is 3.31. The number of fused-ring (bicyclic) bond motifs is 2. The lowest BCUT2D eigenvalue weighted by Gasteiger charge is -2.30. The molecule has 0 N–H and O–H groups in total. The second kappa shape index (κ2) is 7.27. The highest BCUT2D eigenvalue weighted by atomic mass is 79.9. The van der Waals surface area contributed by atoms with E-state index in [-0.39, 0.29) is 0 Å². The van der Waals surface area contributed by atoms with Crippen molar-refractivity contribution in [2.24, 2.45) is 0 Å². The molecule has 1 fully saturated rings. The normalized spacial score (nSPS) is 15.9. The Morgan fingerprint density at radius 3 is 2.88 bits per heavy atom. The first-order valence-electron chi connectivity index (χ1n) is 9.27. The van der Waals surface area contributed by atoms with E-state index in [9.17, 15) is 0 Å². The van der Waals surface area contributed by atoms with Crippen molar-refractivity contribution in [2.45, 2.75) is 39.2 Å². The van der Waals surface area contributed by atoms with Crippen LogP contribution in [0.4, 0.5) is 5.69 Å². The zero-order chi connectivity index (χ0) is 18.1. The van der Waals surface area contributed by atoms with Gasteiger partial charge in [0.1, 0.15) is 16.9 Å². The zero-order valence-electron chi connectivity index (χ0n) is 15.2. The van der Waals surface area contributed by atoms with Gasteiger partial charge in [-0.25, -0.2) is 9.97 Å². The Labute approximate surface area is 162 Å². The lowest BCUT2D eigenvalue weighted by Crippen LogP contribution is -2.32. The summed E-state index contributed by atoms with van der Waals surface area (Å²) in [5, 5.41) is 0. The number of pyridine rings is 2. The van der Waals surface area contributed by atoms with Crippen LogP contribution in [0, 0.1) is 0 Å². The highest BCUT2D eigenvalue weighted by molar-refractivity contribution is 9.10. The van der Waals surface area contributed by atoms with Crippen LogP contribution < -0.4 is 9.64 Å². The SMILES string of the molecule is Brc1cc2c(cn1)OCCN2Cc1cn2cc(C3CC3)ccc2n1.CC. The van der Waals surface area contributed by atoms with Crippen molar-refractivity contribution in [3.63, 3.8) is 0 Å². The van der Waals surface area contributed by atoms with Crippen molar-refractivity contribution in [1.82, 2.24) is 14.4 Å². The van der Waals surface area contributed by atoms with Crippen LogP contribution in [0.2, 0.25) is 0 Å². The van der Waals surface area contributed by atoms with Crippen LogP contribution in [0.1, 0.15) is 43.9 Å². The third-order valence-electron chi connectivity index (χ3n) is 4.70. The molecule has 3 aromatic heterocycles. The number of hydrogen-bond acceptors (Lipinski definition) is 4. The Morgan fingerprint density at radius 1 is 1.23 bits per heavy atom. The smallest absolute Gasteiger partial charge is 0.161 e. The molecule has 1 aliphatic carbocycles. The van der Waals surface area contributed by atoms with Gasteiger partial charge >= 0.3 is 0 Å². The minimum Gasteiger partial charge on any atom is -0.488 e. The number of nitrogens with zero attached hydrogens (tertiary/aromatic N) is 4. The van der Waals surface area contributed by atoms with Crippen LogP contribution in [-0.4, -0.2) is 27.5 Å². The van der Waals surface area contributed by atoms with Gasteiger partial charge in [-0.2, -0.15) is 0 Å². The van der Waals surface area contributed by atoms with E-state index < -0.39 is 0 Å². The van der Waals surface area contributed by atoms with E-state index in [1.54, 1.807) is 6.20 Å². The molecule has 136 valence electrons. The average Bonchev–Trinajstić information content (AvgIpc) is 3.44. The van der Waals surface area contributed by atoms with Crippen molar-refractivity contribution in [3.8, 4) is 5.75 Å². The maximum Gasteiger partial charge on any atom is 0.161 e. The number of aromatic nitrogens is 3. The highest BCUT2D eigenvalue weighted by Gasteiger charge is 2.24. The lowest BCUT2D eigenvalue weighted by atomic mass is 10.2. The minimum absolute atomic E-state index is 0.676. The molecule has 4 heterocycles. The maximum absolute atomic E-state index is 5.70. The monoisotopic (exact) mass is 414 g/mol. The molecule has 0 amide bonds. The predicted molar refractivity (Wildman–Crippen MR) is 107 cm³/mol. The number of anilines is 1. The van der Waals surface area contributed by atoms with Crippen molar-refractivity contribution >= 4 is 27.3 Å². The van der Waals surface area contributed by atoms with Gasteiger partial charge in [-0.05, 0) is 52.4 Å². The van der Waals surface area contributed by atoms with E-state index >= 15 is 0 Å². The van der Waals surface area contributed by atoms with Crippen LogP contribution in [0.5, 0.6) is 5.75 Å². The van der Waals surface area contributed by atoms with E-state index in [2.05, 4.69) is 54.7 Å². The first kappa shape index (κ1) is 17.3. The molecule has 5 nitrogen and oxygen atoms in total. The summed E-state index contributed by atoms with van der Waals surface area (Å²) in [5.74, 6) is 1.60. The number of rotatable bonds is 3. The van der Waals surface area contributed by atoms with Crippen molar-refractivity contribution in [2.75, 3.05) is 18.1 Å². The quantitative estimate of drug-likeness (QED) is 0.577. The molecule has 6 heteroatoms. The molecule has 0 radical (unpaired) electrons. The standard InChI is InChI=1S/C18H17BrN4O.C2H6/c19-17-7-15-16(8-20-17)24-6-5-22(15)10-14-11-23-9-13(12-1-2-12)3-4-18(23)21-14;1-2/h3-4,7-9,11-12H,1-2,5-6,10H2;1-2H3. The van der Waals surface area contributed by atoms with Crippen LogP contribution in [-0.2, 0) is 6.54 Å². The molecule has 1 aliphatic heterocycles. The molecule has 26 heavy (non-hydrogen) atoms. The fourth-order valence-corrected chi connectivity index (χ4v) is 3.63. The molecule has 0 saturated heterocycles. The number of imidazole rings is 1. The average molecular weight is 415 g/mol. The molecule has 0 spiro atoms. The van der Waals surface area contributed by atoms with Gasteiger partial charge in [0, 0.05) is 12.4 Å². The Hall–Kier alpha value is -2.08. The summed E-state index contributed by atoms with van der Waals surface area (Å²) in [7, 11) is 0. The van der Waals surface area contributed by atoms with E-state index in [4.69, 9.17) is 9.72 Å². The second-order valence-electron chi connectivity index (χ2n) is 6.48. The molecular weight excluding hydrogens is 392 g/mol. The Morgan fingerprint density at radius 2 is 2.08 bits per heavy atom. The van der Waals surface area contributed by atoms with Gasteiger partial charge in [-0.3, -0.25) is 0 Å². The molecular formula is C20H23BrN4O. The Balaban J connectivity index is 0.000000814. The zero-order valence-corrected chi connectivity index (χ0v) is 16.7. The van der Waals surface area contributed by atoms with Gasteiger partial charge in [0.05, 0.1) is 30.7 Å². The topological polar surface area (TPSA) is 42.7 Å². The first-order chi connectivity index (χ1) is 12.8. The molecule has 0 aromatic carbocycles. The molecule has 0 unspecified atom stereocenters. The van der Waals surface area contributed by atoms with Crippen molar-refractivity contribution in [3.05, 3.63) is 52.7 Å². The lowest BCUT2D eigenvalue weighted by molar-refractivity contribution is 0.305. The highest BCUT2D eigenvalue weighted by Crippen LogP contribution is 2.40. The first-order valence-corrected chi connectivity index (χ1v) is 10.1. The number of hydrogen-bond donors (Lipinski definition) is 0. The van der Waals surface area contributed by atoms with Gasteiger partial charge < -0.3 is 14.0 Å². The molecule has 5 rings (SSSR count). The summed E-state index contributed by atoms with van der Waals surface area (Å²) in [6.07, 6.45) is 8.79. The molecule has 1 saturated carbocycles. The van der Waals surface area contributed by atoms with Gasteiger partial charge in [-0.1, -0.05) is 19.9 Å². The minimum atomic E-state index is 0.676. The van der Waals surface area contributed by atoms with Crippen LogP contribution >= 0.6 is 15.9 Å². The largest absolute Gasteiger partial charge is 0.488 e. The summed E-state index contributed by atoms with van der Waals surface area (Å²) in [6.45, 7) is 6.30. The summed E-state index contributed by atoms with van der Waals surface area (Å²) < 4.78 is 8.68. The Kier molecular flexibility index (Phi) is 4.85. The summed E-state index contributed by atoms with van der Waals surface area (Å²) in [6, 6.07) is 6.36. The van der Waals surface area contributed by atoms with Gasteiger partial charge in [0.25, 0.3) is 0 Å². The van der Waals surface area contributed by atoms with Crippen LogP contribution in [0.15, 0.2) is 41.4 Å². The molecule has 0 atom stereocenters. The van der Waals surface area contributed by atoms with Crippen LogP contribution in [0.25, 0.3) is 5.65 Å². The Bertz CT molecular complexity index is 919. The van der Waals surface area contributed by atoms with Crippen LogP contribution in [0.3, 0.4) is 0 Å². The summed E-state index contributed by atoms with van der Waals surface area (Å²) in [4.78, 5) is 11.3. The van der Waals surface area contributed by atoms with Crippen molar-refractivity contribution in [1.29, 1.82) is 0 Å². The molecule has 0 bridgehead atoms. The van der Waals surface area contributed by atoms with Crippen molar-refractivity contribution < 1.29 is 4.74 Å². The molecule has 3 aromatic rings. The fraction of sp³-hybridized carbons (Fsp3) is 0.400. The second-order valence-corrected chi connectivity index (χ2v) is 7.29. The van der Waals surface area contributed by atoms with E-state index in [0.717, 1.165) is 46.4 Å². The van der Waals surface area contributed by atoms with E-state index in [1.807, 2.05) is 19.9 Å². The number of ether oxygens (including phenoxy) is 1. The van der Waals surface area contributed by atoms with Gasteiger partial charge in [0.15, 0.2) is 5.75 Å². The third-order valence-corrected chi connectivity index (χ3v) is 5.13. The predicted octanol–water partition coefficient (Wildman–Crippen LogP) is 4.79. The van der Waals surface area contributed by atoms with Gasteiger partial charge in [0.2, 0.25) is 0 Å². The summed E-state index contributed by atoms with van der Waals surface area (Å²) in [5.41, 5.74) is 4.58. The third kappa shape index (κ3) is 3.43.